The Kier molecular flexibility index (Phi) is 4.29. The number of hydrogen-bond acceptors (Lipinski definition) is 3. The third-order valence-electron chi connectivity index (χ3n) is 1.12. The maximum Gasteiger partial charge on any atom is 0.503 e. The molecule has 1 fully saturated rings. The van der Waals surface area contributed by atoms with E-state index in [-0.39, 0.29) is 0 Å². The van der Waals surface area contributed by atoms with Gasteiger partial charge in [0.2, 0.25) is 0 Å². The number of carbonyl (C=O) groups is 1. The average molecular weight is 179 g/mol. The van der Waals surface area contributed by atoms with Gasteiger partial charge in [0.05, 0.1) is 4.87 Å². The van der Waals surface area contributed by atoms with Gasteiger partial charge in [0.15, 0.2) is 0 Å². The first-order chi connectivity index (χ1) is 4.94. The van der Waals surface area contributed by atoms with Crippen molar-refractivity contribution in [1.29, 1.82) is 0 Å². The van der Waals surface area contributed by atoms with Crippen LogP contribution >= 0.6 is 11.8 Å². The van der Waals surface area contributed by atoms with Crippen molar-refractivity contribution in [3.63, 3.8) is 0 Å². The molecule has 4 nitrogen and oxygen atoms in total. The first-order valence-corrected chi connectivity index (χ1v) is 4.23. The summed E-state index contributed by atoms with van der Waals surface area (Å²) in [5.74, 6) is 1.27. The van der Waals surface area contributed by atoms with E-state index in [1.807, 2.05) is 11.8 Å². The topological polar surface area (TPSA) is 69.6 Å². The van der Waals surface area contributed by atoms with Gasteiger partial charge in [0.25, 0.3) is 0 Å². The first kappa shape index (κ1) is 10.6. The van der Waals surface area contributed by atoms with Gasteiger partial charge in [-0.15, -0.1) is 11.8 Å². The summed E-state index contributed by atoms with van der Waals surface area (Å²) in [6.07, 6.45) is -1.83. The van der Waals surface area contributed by atoms with Crippen molar-refractivity contribution in [2.45, 2.75) is 18.7 Å². The van der Waals surface area contributed by atoms with Gasteiger partial charge in [-0.25, -0.2) is 4.79 Å². The molecule has 0 saturated carbocycles. The van der Waals surface area contributed by atoms with Gasteiger partial charge in [-0.2, -0.15) is 0 Å². The molecule has 0 aliphatic carbocycles. The predicted octanol–water partition coefficient (Wildman–Crippen LogP) is 1.28. The van der Waals surface area contributed by atoms with Crippen molar-refractivity contribution < 1.29 is 15.0 Å². The molecule has 0 spiro atoms. The van der Waals surface area contributed by atoms with Crippen LogP contribution in [0.25, 0.3) is 0 Å². The number of carboxylic acid groups (broad SMARTS) is 2. The predicted molar refractivity (Wildman–Crippen MR) is 45.2 cm³/mol. The molecule has 1 saturated heterocycles. The van der Waals surface area contributed by atoms with E-state index in [4.69, 9.17) is 15.0 Å². The molecular formula is C6H13NO3S. The van der Waals surface area contributed by atoms with Crippen LogP contribution in [0.2, 0.25) is 0 Å². The molecule has 1 rings (SSSR count). The van der Waals surface area contributed by atoms with E-state index in [1.165, 1.54) is 12.3 Å². The van der Waals surface area contributed by atoms with Gasteiger partial charge in [-0.1, -0.05) is 0 Å². The average Bonchev–Trinajstić information content (AvgIpc) is 2.11. The molecule has 0 atom stereocenters. The number of thioether (sulfide) groups is 1. The minimum atomic E-state index is -1.83. The smallest absolute Gasteiger partial charge is 0.450 e. The molecule has 3 N–H and O–H groups in total. The largest absolute Gasteiger partial charge is 0.503 e. The lowest BCUT2D eigenvalue weighted by molar-refractivity contribution is 0.137. The van der Waals surface area contributed by atoms with E-state index >= 15 is 0 Å². The maximum absolute atomic E-state index is 8.56. The van der Waals surface area contributed by atoms with E-state index in [1.54, 1.807) is 0 Å². The van der Waals surface area contributed by atoms with Crippen LogP contribution in [0.4, 0.5) is 4.79 Å². The zero-order valence-electron chi connectivity index (χ0n) is 6.63. The lowest BCUT2D eigenvalue weighted by Crippen LogP contribution is -2.29. The molecule has 1 aliphatic rings. The molecule has 66 valence electrons. The van der Waals surface area contributed by atoms with Crippen LogP contribution in [0.1, 0.15) is 13.8 Å². The molecule has 0 radical (unpaired) electrons. The summed E-state index contributed by atoms with van der Waals surface area (Å²) in [5, 5.41) is 17.3. The zero-order valence-corrected chi connectivity index (χ0v) is 7.44. The third-order valence-corrected chi connectivity index (χ3v) is 2.39. The highest BCUT2D eigenvalue weighted by Gasteiger charge is 2.21. The van der Waals surface area contributed by atoms with Crippen LogP contribution < -0.4 is 5.32 Å². The monoisotopic (exact) mass is 179 g/mol. The van der Waals surface area contributed by atoms with Crippen LogP contribution in [0.5, 0.6) is 0 Å². The quantitative estimate of drug-likeness (QED) is 0.522. The Hall–Kier alpha value is -0.420. The Balaban J connectivity index is 0.000000218. The SMILES string of the molecule is CC1(C)NCCS1.O=C(O)O. The fraction of sp³-hybridized carbons (Fsp3) is 0.833. The van der Waals surface area contributed by atoms with Gasteiger partial charge in [0.1, 0.15) is 0 Å². The Morgan fingerprint density at radius 1 is 1.55 bits per heavy atom. The maximum atomic E-state index is 8.56. The van der Waals surface area contributed by atoms with Crippen LogP contribution in [-0.2, 0) is 0 Å². The molecular weight excluding hydrogens is 166 g/mol. The molecule has 0 aromatic carbocycles. The molecule has 5 heteroatoms. The molecule has 11 heavy (non-hydrogen) atoms. The summed E-state index contributed by atoms with van der Waals surface area (Å²) >= 11 is 1.99. The third kappa shape index (κ3) is 7.48. The molecule has 0 amide bonds. The van der Waals surface area contributed by atoms with Gasteiger partial charge in [0, 0.05) is 12.3 Å². The highest BCUT2D eigenvalue weighted by molar-refractivity contribution is 8.00. The van der Waals surface area contributed by atoms with Crippen molar-refractivity contribution in [2.75, 3.05) is 12.3 Å². The van der Waals surface area contributed by atoms with E-state index < -0.39 is 6.16 Å². The van der Waals surface area contributed by atoms with Crippen molar-refractivity contribution in [3.8, 4) is 0 Å². The lowest BCUT2D eigenvalue weighted by atomic mass is 10.4. The molecule has 1 heterocycles. The van der Waals surface area contributed by atoms with Crippen LogP contribution in [0.15, 0.2) is 0 Å². The second kappa shape index (κ2) is 4.46. The number of rotatable bonds is 0. The molecule has 1 aliphatic heterocycles. The van der Waals surface area contributed by atoms with Crippen molar-refractivity contribution in [3.05, 3.63) is 0 Å². The fourth-order valence-corrected chi connectivity index (χ4v) is 1.63. The number of hydrogen-bond donors (Lipinski definition) is 3. The summed E-state index contributed by atoms with van der Waals surface area (Å²) in [4.78, 5) is 8.92. The second-order valence-electron chi connectivity index (χ2n) is 2.57. The highest BCUT2D eigenvalue weighted by atomic mass is 32.2. The van der Waals surface area contributed by atoms with Crippen LogP contribution in [-0.4, -0.2) is 33.5 Å². The van der Waals surface area contributed by atoms with E-state index in [0.717, 1.165) is 0 Å². The van der Waals surface area contributed by atoms with Crippen LogP contribution in [0, 0.1) is 0 Å². The van der Waals surface area contributed by atoms with Crippen molar-refractivity contribution in [2.24, 2.45) is 0 Å². The highest BCUT2D eigenvalue weighted by Crippen LogP contribution is 2.24. The van der Waals surface area contributed by atoms with Gasteiger partial charge < -0.3 is 15.5 Å². The summed E-state index contributed by atoms with van der Waals surface area (Å²) in [6, 6.07) is 0. The number of nitrogens with one attached hydrogen (secondary N) is 1. The molecule has 0 bridgehead atoms. The Morgan fingerprint density at radius 2 is 2.00 bits per heavy atom. The standard InChI is InChI=1S/C5H11NS.CH2O3/c1-5(2)6-3-4-7-5;2-1(3)4/h6H,3-4H2,1-2H3;(H2,2,3,4). The van der Waals surface area contributed by atoms with Gasteiger partial charge in [-0.3, -0.25) is 0 Å². The minimum absolute atomic E-state index is 0.361. The minimum Gasteiger partial charge on any atom is -0.450 e. The van der Waals surface area contributed by atoms with Gasteiger partial charge >= 0.3 is 6.16 Å². The lowest BCUT2D eigenvalue weighted by Gasteiger charge is -2.14. The fourth-order valence-electron chi connectivity index (χ4n) is 0.709. The summed E-state index contributed by atoms with van der Waals surface area (Å²) in [5.41, 5.74) is 0. The molecule has 0 unspecified atom stereocenters. The van der Waals surface area contributed by atoms with Gasteiger partial charge in [-0.05, 0) is 13.8 Å². The van der Waals surface area contributed by atoms with Crippen LogP contribution in [0.3, 0.4) is 0 Å². The van der Waals surface area contributed by atoms with E-state index in [2.05, 4.69) is 19.2 Å². The Morgan fingerprint density at radius 3 is 2.09 bits per heavy atom. The summed E-state index contributed by atoms with van der Waals surface area (Å²) in [6.45, 7) is 5.60. The second-order valence-corrected chi connectivity index (χ2v) is 4.29. The first-order valence-electron chi connectivity index (χ1n) is 3.25. The Bertz CT molecular complexity index is 126. The zero-order chi connectivity index (χ0) is 8.91. The molecule has 0 aromatic rings. The van der Waals surface area contributed by atoms with E-state index in [0.29, 0.717) is 4.87 Å². The van der Waals surface area contributed by atoms with E-state index in [9.17, 15) is 0 Å². The summed E-state index contributed by atoms with van der Waals surface area (Å²) < 4.78 is 0. The Labute approximate surface area is 70.0 Å². The summed E-state index contributed by atoms with van der Waals surface area (Å²) in [7, 11) is 0. The van der Waals surface area contributed by atoms with Crippen molar-refractivity contribution >= 4 is 17.9 Å². The molecule has 0 aromatic heterocycles. The normalized spacial score (nSPS) is 20.2. The van der Waals surface area contributed by atoms with Crippen molar-refractivity contribution in [1.82, 2.24) is 5.32 Å².